The second-order valence-corrected chi connectivity index (χ2v) is 6.76. The van der Waals surface area contributed by atoms with Gasteiger partial charge in [-0.25, -0.2) is 4.68 Å². The number of carbonyl (C=O) groups is 1. The molecule has 0 amide bonds. The summed E-state index contributed by atoms with van der Waals surface area (Å²) >= 11 is 0. The van der Waals surface area contributed by atoms with Crippen LogP contribution >= 0.6 is 0 Å². The van der Waals surface area contributed by atoms with E-state index in [2.05, 4.69) is 10.4 Å². The van der Waals surface area contributed by atoms with E-state index in [0.29, 0.717) is 18.3 Å². The molecule has 0 atom stereocenters. The van der Waals surface area contributed by atoms with Crippen molar-refractivity contribution in [3.63, 3.8) is 0 Å². The zero-order chi connectivity index (χ0) is 19.4. The first-order valence-corrected chi connectivity index (χ1v) is 8.90. The summed E-state index contributed by atoms with van der Waals surface area (Å²) in [4.78, 5) is 11.5. The molecule has 1 fully saturated rings. The molecule has 0 unspecified atom stereocenters. The molecule has 3 rings (SSSR count). The van der Waals surface area contributed by atoms with E-state index in [1.165, 1.54) is 18.0 Å². The van der Waals surface area contributed by atoms with Gasteiger partial charge in [0.15, 0.2) is 5.69 Å². The third-order valence-corrected chi connectivity index (χ3v) is 4.94. The SMILES string of the molecule is COC(=O)C1CCC(NCc2ccc(-n3ccc(C(F)(F)F)n3)cc2)CC1. The van der Waals surface area contributed by atoms with Gasteiger partial charge in [-0.1, -0.05) is 12.1 Å². The van der Waals surface area contributed by atoms with Gasteiger partial charge < -0.3 is 10.1 Å². The maximum absolute atomic E-state index is 12.6. The predicted molar refractivity (Wildman–Crippen MR) is 93.2 cm³/mol. The molecule has 27 heavy (non-hydrogen) atoms. The van der Waals surface area contributed by atoms with Crippen molar-refractivity contribution in [2.24, 2.45) is 5.92 Å². The highest BCUT2D eigenvalue weighted by Gasteiger charge is 2.33. The zero-order valence-electron chi connectivity index (χ0n) is 15.0. The number of aromatic nitrogens is 2. The molecule has 1 saturated carbocycles. The Morgan fingerprint density at radius 2 is 1.85 bits per heavy atom. The fourth-order valence-corrected chi connectivity index (χ4v) is 3.35. The van der Waals surface area contributed by atoms with Gasteiger partial charge in [-0.15, -0.1) is 0 Å². The minimum absolute atomic E-state index is 0.00277. The molecule has 1 heterocycles. The van der Waals surface area contributed by atoms with Crippen LogP contribution in [0.1, 0.15) is 36.9 Å². The number of esters is 1. The summed E-state index contributed by atoms with van der Waals surface area (Å²) in [5, 5.41) is 7.04. The monoisotopic (exact) mass is 381 g/mol. The van der Waals surface area contributed by atoms with Crippen LogP contribution in [0.4, 0.5) is 13.2 Å². The Balaban J connectivity index is 1.51. The molecule has 1 aromatic carbocycles. The zero-order valence-corrected chi connectivity index (χ0v) is 15.0. The number of halogens is 3. The van der Waals surface area contributed by atoms with E-state index in [9.17, 15) is 18.0 Å². The van der Waals surface area contributed by atoms with Crippen LogP contribution in [0.3, 0.4) is 0 Å². The maximum Gasteiger partial charge on any atom is 0.435 e. The normalized spacial score (nSPS) is 20.4. The van der Waals surface area contributed by atoms with Gasteiger partial charge >= 0.3 is 12.1 Å². The number of nitrogens with one attached hydrogen (secondary N) is 1. The quantitative estimate of drug-likeness (QED) is 0.803. The smallest absolute Gasteiger partial charge is 0.435 e. The Morgan fingerprint density at radius 1 is 1.19 bits per heavy atom. The van der Waals surface area contributed by atoms with Gasteiger partial charge in [0.2, 0.25) is 0 Å². The lowest BCUT2D eigenvalue weighted by molar-refractivity contribution is -0.146. The summed E-state index contributed by atoms with van der Waals surface area (Å²) in [5.74, 6) is -0.126. The molecule has 1 N–H and O–H groups in total. The van der Waals surface area contributed by atoms with Crippen LogP contribution in [-0.2, 0) is 22.3 Å². The van der Waals surface area contributed by atoms with Gasteiger partial charge in [0.25, 0.3) is 0 Å². The van der Waals surface area contributed by atoms with Crippen molar-refractivity contribution in [1.29, 1.82) is 0 Å². The lowest BCUT2D eigenvalue weighted by Crippen LogP contribution is -2.34. The molecular formula is C19H22F3N3O2. The van der Waals surface area contributed by atoms with Crippen molar-refractivity contribution in [2.45, 2.75) is 44.4 Å². The van der Waals surface area contributed by atoms with Crippen LogP contribution in [0.15, 0.2) is 36.5 Å². The fraction of sp³-hybridized carbons (Fsp3) is 0.474. The molecule has 146 valence electrons. The van der Waals surface area contributed by atoms with Crippen molar-refractivity contribution in [3.05, 3.63) is 47.8 Å². The molecule has 2 aromatic rings. The van der Waals surface area contributed by atoms with E-state index in [-0.39, 0.29) is 11.9 Å². The highest BCUT2D eigenvalue weighted by Crippen LogP contribution is 2.28. The van der Waals surface area contributed by atoms with Crippen LogP contribution in [0.5, 0.6) is 0 Å². The van der Waals surface area contributed by atoms with Crippen molar-refractivity contribution >= 4 is 5.97 Å². The van der Waals surface area contributed by atoms with Crippen molar-refractivity contribution < 1.29 is 22.7 Å². The molecular weight excluding hydrogens is 359 g/mol. The number of hydrogen-bond acceptors (Lipinski definition) is 4. The highest BCUT2D eigenvalue weighted by molar-refractivity contribution is 5.72. The van der Waals surface area contributed by atoms with Gasteiger partial charge in [0.05, 0.1) is 18.7 Å². The number of methoxy groups -OCH3 is 1. The van der Waals surface area contributed by atoms with Crippen LogP contribution in [0.2, 0.25) is 0 Å². The van der Waals surface area contributed by atoms with Crippen LogP contribution in [0.25, 0.3) is 5.69 Å². The van der Waals surface area contributed by atoms with Gasteiger partial charge in [0, 0.05) is 18.8 Å². The van der Waals surface area contributed by atoms with Crippen LogP contribution in [-0.4, -0.2) is 28.9 Å². The number of ether oxygens (including phenoxy) is 1. The highest BCUT2D eigenvalue weighted by atomic mass is 19.4. The first-order chi connectivity index (χ1) is 12.9. The Bertz CT molecular complexity index is 763. The third-order valence-electron chi connectivity index (χ3n) is 4.94. The van der Waals surface area contributed by atoms with Gasteiger partial charge in [0.1, 0.15) is 0 Å². The number of rotatable bonds is 5. The summed E-state index contributed by atoms with van der Waals surface area (Å²) in [5.41, 5.74) is 0.709. The maximum atomic E-state index is 12.6. The van der Waals surface area contributed by atoms with Crippen molar-refractivity contribution in [1.82, 2.24) is 15.1 Å². The Morgan fingerprint density at radius 3 is 2.41 bits per heavy atom. The molecule has 1 aliphatic rings. The number of benzene rings is 1. The second kappa shape index (κ2) is 8.12. The molecule has 1 aromatic heterocycles. The topological polar surface area (TPSA) is 56.1 Å². The summed E-state index contributed by atoms with van der Waals surface area (Å²) in [7, 11) is 1.42. The number of nitrogens with zero attached hydrogens (tertiary/aromatic N) is 2. The second-order valence-electron chi connectivity index (χ2n) is 6.76. The number of alkyl halides is 3. The molecule has 0 aliphatic heterocycles. The predicted octanol–water partition coefficient (Wildman–Crippen LogP) is 3.71. The fourth-order valence-electron chi connectivity index (χ4n) is 3.35. The lowest BCUT2D eigenvalue weighted by Gasteiger charge is -2.27. The summed E-state index contributed by atoms with van der Waals surface area (Å²) in [6.45, 7) is 0.667. The van der Waals surface area contributed by atoms with Crippen molar-refractivity contribution in [2.75, 3.05) is 7.11 Å². The molecule has 8 heteroatoms. The van der Waals surface area contributed by atoms with E-state index in [1.54, 1.807) is 12.1 Å². The average molecular weight is 381 g/mol. The standard InChI is InChI=1S/C19H22F3N3O2/c1-27-18(26)14-4-6-15(7-5-14)23-12-13-2-8-16(9-3-13)25-11-10-17(24-25)19(20,21)22/h2-3,8-11,14-15,23H,4-7,12H2,1H3. The third kappa shape index (κ3) is 4.88. The molecule has 0 saturated heterocycles. The van der Waals surface area contributed by atoms with E-state index in [1.807, 2.05) is 12.1 Å². The minimum atomic E-state index is -4.44. The van der Waals surface area contributed by atoms with Gasteiger partial charge in [-0.05, 0) is 49.4 Å². The molecule has 0 bridgehead atoms. The molecule has 0 radical (unpaired) electrons. The van der Waals surface area contributed by atoms with Crippen LogP contribution < -0.4 is 5.32 Å². The number of carbonyl (C=O) groups excluding carboxylic acids is 1. The largest absolute Gasteiger partial charge is 0.469 e. The Hall–Kier alpha value is -2.35. The minimum Gasteiger partial charge on any atom is -0.469 e. The van der Waals surface area contributed by atoms with Gasteiger partial charge in [-0.3, -0.25) is 4.79 Å². The molecule has 1 aliphatic carbocycles. The summed E-state index contributed by atoms with van der Waals surface area (Å²) in [6.07, 6.45) is 0.350. The Kier molecular flexibility index (Phi) is 5.84. The number of hydrogen-bond donors (Lipinski definition) is 1. The average Bonchev–Trinajstić information content (AvgIpc) is 3.17. The lowest BCUT2D eigenvalue weighted by atomic mass is 9.86. The Labute approximate surface area is 155 Å². The molecule has 5 nitrogen and oxygen atoms in total. The molecule has 0 spiro atoms. The van der Waals surface area contributed by atoms with E-state index >= 15 is 0 Å². The first kappa shape index (κ1) is 19.4. The van der Waals surface area contributed by atoms with Gasteiger partial charge in [-0.2, -0.15) is 18.3 Å². The summed E-state index contributed by atoms with van der Waals surface area (Å²) in [6, 6.07) is 8.55. The van der Waals surface area contributed by atoms with Crippen LogP contribution in [0, 0.1) is 5.92 Å². The van der Waals surface area contributed by atoms with E-state index < -0.39 is 11.9 Å². The van der Waals surface area contributed by atoms with E-state index in [0.717, 1.165) is 37.3 Å². The first-order valence-electron chi connectivity index (χ1n) is 8.90. The summed E-state index contributed by atoms with van der Waals surface area (Å²) < 4.78 is 43.9. The van der Waals surface area contributed by atoms with Crippen molar-refractivity contribution in [3.8, 4) is 5.69 Å². The van der Waals surface area contributed by atoms with E-state index in [4.69, 9.17) is 4.74 Å².